The molecule has 0 saturated carbocycles. The van der Waals surface area contributed by atoms with Crippen molar-refractivity contribution in [2.75, 3.05) is 24.2 Å². The van der Waals surface area contributed by atoms with Crippen LogP contribution in [0.3, 0.4) is 0 Å². The van der Waals surface area contributed by atoms with E-state index in [2.05, 4.69) is 10.6 Å². The van der Waals surface area contributed by atoms with Gasteiger partial charge in [0, 0.05) is 35.3 Å². The Kier molecular flexibility index (Phi) is 8.17. The average Bonchev–Trinajstić information content (AvgIpc) is 3.22. The fourth-order valence-corrected chi connectivity index (χ4v) is 5.60. The van der Waals surface area contributed by atoms with Crippen LogP contribution in [0.25, 0.3) is 20.3 Å². The molecule has 3 N–H and O–H groups in total. The first-order valence-corrected chi connectivity index (χ1v) is 13.1. The number of thiophene rings is 1. The number of amides is 2. The minimum absolute atomic E-state index is 0.0882. The van der Waals surface area contributed by atoms with Crippen LogP contribution in [-0.2, 0) is 16.1 Å². The Morgan fingerprint density at radius 2 is 1.97 bits per heavy atom. The Morgan fingerprint density at radius 1 is 1.14 bits per heavy atom. The molecule has 0 bridgehead atoms. The van der Waals surface area contributed by atoms with Crippen molar-refractivity contribution in [1.82, 2.24) is 14.9 Å². The lowest BCUT2D eigenvalue weighted by molar-refractivity contribution is -0.121. The van der Waals surface area contributed by atoms with Crippen molar-refractivity contribution < 1.29 is 14.7 Å². The first kappa shape index (κ1) is 24.9. The zero-order chi connectivity index (χ0) is 24.8. The van der Waals surface area contributed by atoms with E-state index in [1.165, 1.54) is 23.1 Å². The van der Waals surface area contributed by atoms with Gasteiger partial charge in [-0.25, -0.2) is 4.98 Å². The van der Waals surface area contributed by atoms with Crippen molar-refractivity contribution in [3.63, 3.8) is 0 Å². The summed E-state index contributed by atoms with van der Waals surface area (Å²) in [6, 6.07) is 15.3. The van der Waals surface area contributed by atoms with E-state index in [0.717, 1.165) is 15.6 Å². The van der Waals surface area contributed by atoms with E-state index in [4.69, 9.17) is 10.1 Å². The highest BCUT2D eigenvalue weighted by atomic mass is 32.2. The van der Waals surface area contributed by atoms with Crippen LogP contribution in [0, 0.1) is 6.92 Å². The van der Waals surface area contributed by atoms with Crippen LogP contribution < -0.4 is 16.2 Å². The van der Waals surface area contributed by atoms with Gasteiger partial charge in [0.15, 0.2) is 5.16 Å². The molecule has 2 amide bonds. The second kappa shape index (κ2) is 11.5. The van der Waals surface area contributed by atoms with Gasteiger partial charge in [0.05, 0.1) is 17.9 Å². The summed E-state index contributed by atoms with van der Waals surface area (Å²) in [5, 5.41) is 15.7. The Bertz CT molecular complexity index is 1430. The molecule has 0 radical (unpaired) electrons. The molecule has 35 heavy (non-hydrogen) atoms. The van der Waals surface area contributed by atoms with Crippen molar-refractivity contribution in [2.24, 2.45) is 0 Å². The summed E-state index contributed by atoms with van der Waals surface area (Å²) in [5.41, 5.74) is 2.22. The third-order valence-corrected chi connectivity index (χ3v) is 7.43. The van der Waals surface area contributed by atoms with E-state index in [1.54, 1.807) is 4.57 Å². The third-order valence-electron chi connectivity index (χ3n) is 5.30. The number of nitrogens with one attached hydrogen (secondary N) is 2. The Morgan fingerprint density at radius 3 is 2.77 bits per heavy atom. The number of aliphatic hydroxyl groups excluding tert-OH is 1. The molecule has 0 saturated heterocycles. The Balaban J connectivity index is 1.58. The molecule has 0 aliphatic carbocycles. The smallest absolute Gasteiger partial charge is 0.272 e. The van der Waals surface area contributed by atoms with Gasteiger partial charge in [-0.3, -0.25) is 19.0 Å². The van der Waals surface area contributed by atoms with E-state index in [1.807, 2.05) is 55.5 Å². The number of aliphatic hydroxyl groups is 1. The number of benzene rings is 2. The lowest BCUT2D eigenvalue weighted by Gasteiger charge is -2.12. The van der Waals surface area contributed by atoms with E-state index < -0.39 is 0 Å². The van der Waals surface area contributed by atoms with E-state index in [9.17, 15) is 14.4 Å². The van der Waals surface area contributed by atoms with E-state index in [-0.39, 0.29) is 42.7 Å². The van der Waals surface area contributed by atoms with Crippen molar-refractivity contribution in [2.45, 2.75) is 31.5 Å². The third kappa shape index (κ3) is 6.08. The molecule has 2 heterocycles. The van der Waals surface area contributed by atoms with Gasteiger partial charge in [-0.05, 0) is 37.1 Å². The largest absolute Gasteiger partial charge is 0.395 e. The van der Waals surface area contributed by atoms with Crippen LogP contribution in [-0.4, -0.2) is 45.4 Å². The lowest BCUT2D eigenvalue weighted by Crippen LogP contribution is -2.27. The van der Waals surface area contributed by atoms with Crippen molar-refractivity contribution >= 4 is 60.9 Å². The molecule has 0 unspecified atom stereocenters. The quantitative estimate of drug-likeness (QED) is 0.222. The molecule has 0 spiro atoms. The molecule has 0 aliphatic rings. The SMILES string of the molecule is Cc1cccc(NC(=O)CSc2nc3c(sc4ccccc43)c(=O)n2CCCC(=O)NCCO)c1. The number of rotatable bonds is 10. The summed E-state index contributed by atoms with van der Waals surface area (Å²) in [4.78, 5) is 42.7. The summed E-state index contributed by atoms with van der Waals surface area (Å²) in [7, 11) is 0. The molecule has 4 rings (SSSR count). The lowest BCUT2D eigenvalue weighted by atomic mass is 10.2. The molecule has 8 nitrogen and oxygen atoms in total. The van der Waals surface area contributed by atoms with E-state index >= 15 is 0 Å². The number of fused-ring (bicyclic) bond motifs is 3. The topological polar surface area (TPSA) is 113 Å². The molecule has 2 aromatic carbocycles. The van der Waals surface area contributed by atoms with Gasteiger partial charge in [0.25, 0.3) is 5.56 Å². The number of anilines is 1. The fraction of sp³-hybridized carbons (Fsp3) is 0.280. The maximum Gasteiger partial charge on any atom is 0.272 e. The predicted molar refractivity (Wildman–Crippen MR) is 141 cm³/mol. The Hall–Kier alpha value is -3.21. The minimum atomic E-state index is -0.194. The normalized spacial score (nSPS) is 11.1. The zero-order valence-electron chi connectivity index (χ0n) is 19.2. The van der Waals surface area contributed by atoms with Crippen LogP contribution >= 0.6 is 23.1 Å². The molecule has 4 aromatic rings. The number of thioether (sulfide) groups is 1. The van der Waals surface area contributed by atoms with Gasteiger partial charge in [0.1, 0.15) is 4.70 Å². The van der Waals surface area contributed by atoms with Crippen LogP contribution in [0.5, 0.6) is 0 Å². The maximum atomic E-state index is 13.4. The highest BCUT2D eigenvalue weighted by molar-refractivity contribution is 7.99. The summed E-state index contributed by atoms with van der Waals surface area (Å²) in [6.07, 6.45) is 0.646. The molecular weight excluding hydrogens is 484 g/mol. The van der Waals surface area contributed by atoms with E-state index in [0.29, 0.717) is 34.0 Å². The molecular formula is C25H26N4O4S2. The number of carbonyl (C=O) groups excluding carboxylic acids is 2. The maximum absolute atomic E-state index is 13.4. The van der Waals surface area contributed by atoms with Gasteiger partial charge in [-0.1, -0.05) is 42.1 Å². The number of hydrogen-bond acceptors (Lipinski definition) is 7. The molecule has 0 aliphatic heterocycles. The van der Waals surface area contributed by atoms with Gasteiger partial charge in [0.2, 0.25) is 11.8 Å². The average molecular weight is 511 g/mol. The number of carbonyl (C=O) groups is 2. The highest BCUT2D eigenvalue weighted by Gasteiger charge is 2.17. The second-order valence-electron chi connectivity index (χ2n) is 8.01. The zero-order valence-corrected chi connectivity index (χ0v) is 20.9. The second-order valence-corrected chi connectivity index (χ2v) is 10.0. The summed E-state index contributed by atoms with van der Waals surface area (Å²) in [5.74, 6) is -0.292. The van der Waals surface area contributed by atoms with Gasteiger partial charge in [-0.15, -0.1) is 11.3 Å². The molecule has 182 valence electrons. The number of aryl methyl sites for hydroxylation is 1. The van der Waals surface area contributed by atoms with Gasteiger partial charge >= 0.3 is 0 Å². The van der Waals surface area contributed by atoms with Gasteiger partial charge in [-0.2, -0.15) is 0 Å². The monoisotopic (exact) mass is 510 g/mol. The van der Waals surface area contributed by atoms with Crippen molar-refractivity contribution in [1.29, 1.82) is 0 Å². The number of hydrogen-bond donors (Lipinski definition) is 3. The van der Waals surface area contributed by atoms with Crippen LogP contribution in [0.4, 0.5) is 5.69 Å². The first-order valence-electron chi connectivity index (χ1n) is 11.2. The summed E-state index contributed by atoms with van der Waals surface area (Å²) in [6.45, 7) is 2.33. The molecule has 0 fully saturated rings. The predicted octanol–water partition coefficient (Wildman–Crippen LogP) is 3.54. The van der Waals surface area contributed by atoms with Crippen molar-refractivity contribution in [3.8, 4) is 0 Å². The molecule has 0 atom stereocenters. The number of aromatic nitrogens is 2. The van der Waals surface area contributed by atoms with Crippen molar-refractivity contribution in [3.05, 3.63) is 64.4 Å². The van der Waals surface area contributed by atoms with Gasteiger partial charge < -0.3 is 15.7 Å². The molecule has 2 aromatic heterocycles. The summed E-state index contributed by atoms with van der Waals surface area (Å²) < 4.78 is 3.09. The van der Waals surface area contributed by atoms with Crippen LogP contribution in [0.15, 0.2) is 58.5 Å². The first-order chi connectivity index (χ1) is 17.0. The van der Waals surface area contributed by atoms with Crippen LogP contribution in [0.1, 0.15) is 18.4 Å². The molecule has 10 heteroatoms. The minimum Gasteiger partial charge on any atom is -0.395 e. The van der Waals surface area contributed by atoms with Crippen LogP contribution in [0.2, 0.25) is 0 Å². The number of nitrogens with zero attached hydrogens (tertiary/aromatic N) is 2. The Labute approximate surface area is 210 Å². The summed E-state index contributed by atoms with van der Waals surface area (Å²) >= 11 is 2.60. The fourth-order valence-electron chi connectivity index (χ4n) is 3.69. The highest BCUT2D eigenvalue weighted by Crippen LogP contribution is 2.32. The standard InChI is InChI=1S/C25H26N4O4S2/c1-16-6-4-7-17(14-16)27-21(32)15-34-25-28-22-18-8-2-3-9-19(18)35-23(22)24(33)29(25)12-5-10-20(31)26-11-13-30/h2-4,6-9,14,30H,5,10-13,15H2,1H3,(H,26,31)(H,27,32).